The van der Waals surface area contributed by atoms with Crippen LogP contribution in [0.2, 0.25) is 0 Å². The van der Waals surface area contributed by atoms with Gasteiger partial charge in [0.1, 0.15) is 0 Å². The highest BCUT2D eigenvalue weighted by atomic mass is 32.2. The number of anilines is 1. The van der Waals surface area contributed by atoms with Gasteiger partial charge in [-0.05, 0) is 25.1 Å². The van der Waals surface area contributed by atoms with Crippen molar-refractivity contribution in [2.75, 3.05) is 11.4 Å². The first-order valence-corrected chi connectivity index (χ1v) is 8.07. The van der Waals surface area contributed by atoms with Crippen LogP contribution in [-0.4, -0.2) is 27.8 Å². The van der Waals surface area contributed by atoms with Crippen molar-refractivity contribution in [3.05, 3.63) is 23.2 Å². The van der Waals surface area contributed by atoms with Crippen molar-refractivity contribution in [2.24, 2.45) is 0 Å². The Hall–Kier alpha value is -1.40. The second-order valence-electron chi connectivity index (χ2n) is 4.82. The van der Waals surface area contributed by atoms with Gasteiger partial charge in [-0.1, -0.05) is 11.8 Å². The van der Waals surface area contributed by atoms with Crippen molar-refractivity contribution >= 4 is 50.0 Å². The fourth-order valence-electron chi connectivity index (χ4n) is 2.43. The summed E-state index contributed by atoms with van der Waals surface area (Å²) in [6.45, 7) is 4.13. The number of thiazole rings is 1. The van der Waals surface area contributed by atoms with Crippen molar-refractivity contribution in [1.82, 2.24) is 4.98 Å². The van der Waals surface area contributed by atoms with E-state index in [1.165, 1.54) is 11.8 Å². The van der Waals surface area contributed by atoms with Gasteiger partial charge in [0.2, 0.25) is 5.91 Å². The Morgan fingerprint density at radius 3 is 3.05 bits per heavy atom. The Labute approximate surface area is 125 Å². The van der Waals surface area contributed by atoms with Crippen LogP contribution in [0.15, 0.2) is 18.2 Å². The van der Waals surface area contributed by atoms with Crippen LogP contribution in [-0.2, 0) is 9.59 Å². The van der Waals surface area contributed by atoms with E-state index < -0.39 is 0 Å². The molecule has 0 bridgehead atoms. The first kappa shape index (κ1) is 13.6. The molecule has 1 aromatic heterocycles. The van der Waals surface area contributed by atoms with E-state index in [1.807, 2.05) is 25.1 Å². The van der Waals surface area contributed by atoms with E-state index in [0.29, 0.717) is 13.0 Å². The lowest BCUT2D eigenvalue weighted by Crippen LogP contribution is -2.24. The molecule has 6 heteroatoms. The fraction of sp³-hybridized carbons (Fsp3) is 0.357. The molecule has 4 nitrogen and oxygen atoms in total. The number of benzene rings is 1. The van der Waals surface area contributed by atoms with Gasteiger partial charge in [-0.3, -0.25) is 9.59 Å². The van der Waals surface area contributed by atoms with Gasteiger partial charge < -0.3 is 4.90 Å². The number of thioether (sulfide) groups is 1. The number of hydrogen-bond donors (Lipinski definition) is 0. The highest BCUT2D eigenvalue weighted by Crippen LogP contribution is 2.32. The van der Waals surface area contributed by atoms with Crippen molar-refractivity contribution in [1.29, 1.82) is 0 Å². The number of nitrogens with zero attached hydrogens (tertiary/aromatic N) is 2. The molecule has 1 aliphatic heterocycles. The fourth-order valence-corrected chi connectivity index (χ4v) is 4.21. The topological polar surface area (TPSA) is 50.3 Å². The number of carbonyl (C=O) groups is 2. The molecule has 20 heavy (non-hydrogen) atoms. The Kier molecular flexibility index (Phi) is 3.52. The van der Waals surface area contributed by atoms with Gasteiger partial charge in [0.05, 0.1) is 15.2 Å². The van der Waals surface area contributed by atoms with Crippen molar-refractivity contribution in [3.8, 4) is 0 Å². The second-order valence-corrected chi connectivity index (χ2v) is 7.54. The Bertz CT molecular complexity index is 696. The van der Waals surface area contributed by atoms with E-state index in [2.05, 4.69) is 4.98 Å². The zero-order valence-electron chi connectivity index (χ0n) is 11.3. The van der Waals surface area contributed by atoms with E-state index in [9.17, 15) is 9.59 Å². The number of fused-ring (bicyclic) bond motifs is 1. The van der Waals surface area contributed by atoms with Crippen LogP contribution in [0, 0.1) is 6.92 Å². The second kappa shape index (κ2) is 5.18. The molecule has 0 radical (unpaired) electrons. The zero-order chi connectivity index (χ0) is 14.3. The summed E-state index contributed by atoms with van der Waals surface area (Å²) in [5, 5.41) is 1.16. The van der Waals surface area contributed by atoms with Gasteiger partial charge in [0, 0.05) is 30.8 Å². The number of aromatic nitrogens is 1. The lowest BCUT2D eigenvalue weighted by atomic mass is 10.3. The summed E-state index contributed by atoms with van der Waals surface area (Å²) < 4.78 is 1.09. The highest BCUT2D eigenvalue weighted by molar-refractivity contribution is 8.14. The predicted octanol–water partition coefficient (Wildman–Crippen LogP) is 2.99. The summed E-state index contributed by atoms with van der Waals surface area (Å²) in [6, 6.07) is 5.89. The maximum absolute atomic E-state index is 12.1. The minimum atomic E-state index is 0.0678. The van der Waals surface area contributed by atoms with E-state index in [4.69, 9.17) is 0 Å². The molecule has 1 atom stereocenters. The average Bonchev–Trinajstić information content (AvgIpc) is 2.89. The minimum Gasteiger partial charge on any atom is -0.311 e. The Balaban J connectivity index is 1.87. The smallest absolute Gasteiger partial charge is 0.228 e. The molecule has 2 heterocycles. The van der Waals surface area contributed by atoms with E-state index in [-0.39, 0.29) is 16.3 Å². The summed E-state index contributed by atoms with van der Waals surface area (Å²) >= 11 is 2.89. The highest BCUT2D eigenvalue weighted by Gasteiger charge is 2.32. The maximum atomic E-state index is 12.1. The molecule has 104 valence electrons. The van der Waals surface area contributed by atoms with Crippen LogP contribution in [0.25, 0.3) is 10.2 Å². The Morgan fingerprint density at radius 1 is 1.50 bits per heavy atom. The third-order valence-electron chi connectivity index (χ3n) is 3.21. The summed E-state index contributed by atoms with van der Waals surface area (Å²) in [6.07, 6.45) is 0.435. The Morgan fingerprint density at radius 2 is 2.30 bits per heavy atom. The van der Waals surface area contributed by atoms with Gasteiger partial charge in [-0.15, -0.1) is 11.3 Å². The molecule has 0 saturated carbocycles. The summed E-state index contributed by atoms with van der Waals surface area (Å²) in [4.78, 5) is 29.4. The van der Waals surface area contributed by atoms with Crippen molar-refractivity contribution < 1.29 is 9.59 Å². The van der Waals surface area contributed by atoms with Crippen LogP contribution in [0.5, 0.6) is 0 Å². The van der Waals surface area contributed by atoms with Crippen LogP contribution in [0.1, 0.15) is 18.4 Å². The van der Waals surface area contributed by atoms with Gasteiger partial charge in [0.15, 0.2) is 5.12 Å². The van der Waals surface area contributed by atoms with Crippen molar-refractivity contribution in [2.45, 2.75) is 25.5 Å². The number of aryl methyl sites for hydroxylation is 1. The van der Waals surface area contributed by atoms with Crippen LogP contribution >= 0.6 is 23.1 Å². The van der Waals surface area contributed by atoms with Gasteiger partial charge in [-0.25, -0.2) is 4.98 Å². The number of carbonyl (C=O) groups excluding carboxylic acids is 2. The lowest BCUT2D eigenvalue weighted by Gasteiger charge is -2.16. The molecule has 0 aliphatic carbocycles. The first-order valence-electron chi connectivity index (χ1n) is 6.38. The van der Waals surface area contributed by atoms with Gasteiger partial charge >= 0.3 is 0 Å². The van der Waals surface area contributed by atoms with E-state index >= 15 is 0 Å². The number of hydrogen-bond acceptors (Lipinski definition) is 5. The van der Waals surface area contributed by atoms with E-state index in [0.717, 1.165) is 20.9 Å². The molecule has 0 N–H and O–H groups in total. The molecule has 1 amide bonds. The third kappa shape index (κ3) is 2.58. The minimum absolute atomic E-state index is 0.0678. The van der Waals surface area contributed by atoms with Gasteiger partial charge in [-0.2, -0.15) is 0 Å². The summed E-state index contributed by atoms with van der Waals surface area (Å²) in [5.74, 6) is 0.0873. The normalized spacial score (nSPS) is 19.0. The SMILES string of the molecule is CC(=O)SC1CC(=O)N(c2ccc3nc(C)sc3c2)C1. The molecule has 2 aromatic rings. The lowest BCUT2D eigenvalue weighted by molar-refractivity contribution is -0.117. The molecule has 1 fully saturated rings. The molecule has 1 aliphatic rings. The standard InChI is InChI=1S/C14H14N2O2S2/c1-8-15-12-4-3-10(5-13(12)19-8)16-7-11(6-14(16)18)20-9(2)17/h3-5,11H,6-7H2,1-2H3. The van der Waals surface area contributed by atoms with Gasteiger partial charge in [0.25, 0.3) is 0 Å². The molecule has 3 rings (SSSR count). The molecular weight excluding hydrogens is 292 g/mol. The van der Waals surface area contributed by atoms with Crippen LogP contribution in [0.3, 0.4) is 0 Å². The first-order chi connectivity index (χ1) is 9.52. The maximum Gasteiger partial charge on any atom is 0.228 e. The van der Waals surface area contributed by atoms with Crippen molar-refractivity contribution in [3.63, 3.8) is 0 Å². The summed E-state index contributed by atoms with van der Waals surface area (Å²) in [5.41, 5.74) is 1.87. The van der Waals surface area contributed by atoms with E-state index in [1.54, 1.807) is 23.2 Å². The molecule has 1 saturated heterocycles. The molecule has 1 unspecified atom stereocenters. The quantitative estimate of drug-likeness (QED) is 0.856. The van der Waals surface area contributed by atoms with Crippen LogP contribution < -0.4 is 4.90 Å². The molecule has 0 spiro atoms. The number of amides is 1. The number of rotatable bonds is 2. The average molecular weight is 306 g/mol. The monoisotopic (exact) mass is 306 g/mol. The summed E-state index contributed by atoms with van der Waals surface area (Å²) in [7, 11) is 0. The third-order valence-corrected chi connectivity index (χ3v) is 5.13. The zero-order valence-corrected chi connectivity index (χ0v) is 12.9. The van der Waals surface area contributed by atoms with Crippen LogP contribution in [0.4, 0.5) is 5.69 Å². The molecular formula is C14H14N2O2S2. The predicted molar refractivity (Wildman–Crippen MR) is 83.4 cm³/mol. The largest absolute Gasteiger partial charge is 0.311 e. The molecule has 1 aromatic carbocycles.